The number of guanidine groups is 1. The molecule has 1 fully saturated rings. The first-order valence-corrected chi connectivity index (χ1v) is 10.5. The molecule has 0 atom stereocenters. The summed E-state index contributed by atoms with van der Waals surface area (Å²) in [4.78, 5) is 25.1. The molecule has 0 unspecified atom stereocenters. The topological polar surface area (TPSA) is 70.1 Å². The van der Waals surface area contributed by atoms with Gasteiger partial charge in [0, 0.05) is 38.9 Å². The van der Waals surface area contributed by atoms with Crippen molar-refractivity contribution in [3.63, 3.8) is 0 Å². The first kappa shape index (κ1) is 25.5. The van der Waals surface area contributed by atoms with E-state index in [1.807, 2.05) is 49.8 Å². The number of halogens is 1. The van der Waals surface area contributed by atoms with E-state index in [1.54, 1.807) is 6.20 Å². The van der Waals surface area contributed by atoms with Crippen LogP contribution < -0.4 is 10.1 Å². The van der Waals surface area contributed by atoms with Gasteiger partial charge in [-0.25, -0.2) is 9.98 Å². The van der Waals surface area contributed by atoms with Crippen molar-refractivity contribution in [1.29, 1.82) is 0 Å². The van der Waals surface area contributed by atoms with Crippen LogP contribution in [0.4, 0.5) is 0 Å². The fraction of sp³-hybridized carbons (Fsp3) is 0.667. The van der Waals surface area contributed by atoms with E-state index in [0.717, 1.165) is 44.0 Å². The molecule has 1 aromatic rings. The molecule has 164 valence electrons. The van der Waals surface area contributed by atoms with Crippen molar-refractivity contribution in [3.8, 4) is 5.88 Å². The number of hydrogen-bond donors (Lipinski definition) is 1. The van der Waals surface area contributed by atoms with Crippen LogP contribution >= 0.6 is 24.0 Å². The lowest BCUT2D eigenvalue weighted by atomic mass is 10.2. The fourth-order valence-corrected chi connectivity index (χ4v) is 3.38. The van der Waals surface area contributed by atoms with Crippen molar-refractivity contribution >= 4 is 35.8 Å². The van der Waals surface area contributed by atoms with Gasteiger partial charge in [-0.15, -0.1) is 24.0 Å². The van der Waals surface area contributed by atoms with Crippen LogP contribution in [0, 0.1) is 0 Å². The van der Waals surface area contributed by atoms with E-state index >= 15 is 0 Å². The number of carbonyl (C=O) groups excluding carboxylic acids is 1. The van der Waals surface area contributed by atoms with Crippen molar-refractivity contribution in [3.05, 3.63) is 23.9 Å². The Balaban J connectivity index is 0.00000420. The van der Waals surface area contributed by atoms with Crippen molar-refractivity contribution in [1.82, 2.24) is 20.1 Å². The van der Waals surface area contributed by atoms with Crippen LogP contribution in [0.3, 0.4) is 0 Å². The number of aromatic nitrogens is 1. The molecular formula is C21H36IN5O2. The third-order valence-corrected chi connectivity index (χ3v) is 4.99. The van der Waals surface area contributed by atoms with Crippen molar-refractivity contribution in [2.75, 3.05) is 33.2 Å². The van der Waals surface area contributed by atoms with Crippen LogP contribution in [0.5, 0.6) is 5.88 Å². The highest BCUT2D eigenvalue weighted by molar-refractivity contribution is 14.0. The minimum absolute atomic E-state index is 0. The molecule has 7 nitrogen and oxygen atoms in total. The molecule has 1 aliphatic rings. The van der Waals surface area contributed by atoms with Crippen molar-refractivity contribution < 1.29 is 9.53 Å². The molecule has 1 N–H and O–H groups in total. The monoisotopic (exact) mass is 517 g/mol. The molecule has 0 saturated heterocycles. The summed E-state index contributed by atoms with van der Waals surface area (Å²) in [7, 11) is 1.89. The number of nitrogens with zero attached hydrogens (tertiary/aromatic N) is 4. The highest BCUT2D eigenvalue weighted by Crippen LogP contribution is 2.23. The number of aliphatic imine (C=N–C) groups is 1. The zero-order valence-corrected chi connectivity index (χ0v) is 20.5. The number of amides is 1. The van der Waals surface area contributed by atoms with Gasteiger partial charge in [0.15, 0.2) is 5.96 Å². The Morgan fingerprint density at radius 1 is 1.28 bits per heavy atom. The predicted octanol–water partition coefficient (Wildman–Crippen LogP) is 3.29. The minimum atomic E-state index is 0. The quantitative estimate of drug-likeness (QED) is 0.309. The smallest absolute Gasteiger partial charge is 0.242 e. The Morgan fingerprint density at radius 3 is 2.59 bits per heavy atom. The van der Waals surface area contributed by atoms with E-state index in [9.17, 15) is 4.79 Å². The van der Waals surface area contributed by atoms with Gasteiger partial charge in [-0.3, -0.25) is 4.79 Å². The van der Waals surface area contributed by atoms with Crippen molar-refractivity contribution in [2.24, 2.45) is 4.99 Å². The number of pyridine rings is 1. The second-order valence-corrected chi connectivity index (χ2v) is 7.12. The highest BCUT2D eigenvalue weighted by atomic mass is 127. The van der Waals surface area contributed by atoms with E-state index in [2.05, 4.69) is 10.3 Å². The molecule has 0 spiro atoms. The zero-order valence-electron chi connectivity index (χ0n) is 18.2. The minimum Gasteiger partial charge on any atom is -0.474 e. The number of rotatable bonds is 9. The lowest BCUT2D eigenvalue weighted by molar-refractivity contribution is -0.131. The fourth-order valence-electron chi connectivity index (χ4n) is 3.38. The highest BCUT2D eigenvalue weighted by Gasteiger charge is 2.17. The molecule has 0 aliphatic heterocycles. The van der Waals surface area contributed by atoms with Gasteiger partial charge in [0.25, 0.3) is 0 Å². The van der Waals surface area contributed by atoms with Gasteiger partial charge >= 0.3 is 0 Å². The number of likely N-dealkylation sites (N-methyl/N-ethyl adjacent to an activating group) is 2. The molecule has 0 bridgehead atoms. The second-order valence-electron chi connectivity index (χ2n) is 7.12. The summed E-state index contributed by atoms with van der Waals surface area (Å²) in [6, 6.07) is 3.92. The van der Waals surface area contributed by atoms with Gasteiger partial charge in [0.05, 0.1) is 13.1 Å². The molecule has 1 saturated carbocycles. The molecule has 1 aromatic heterocycles. The van der Waals surface area contributed by atoms with Gasteiger partial charge in [-0.1, -0.05) is 0 Å². The zero-order chi connectivity index (χ0) is 20.4. The van der Waals surface area contributed by atoms with Gasteiger partial charge in [-0.05, 0) is 58.1 Å². The van der Waals surface area contributed by atoms with Crippen LogP contribution in [-0.4, -0.2) is 66.0 Å². The second kappa shape index (κ2) is 13.6. The number of carbonyl (C=O) groups is 1. The number of ether oxygens (including phenoxy) is 1. The van der Waals surface area contributed by atoms with Gasteiger partial charge in [0.2, 0.25) is 11.8 Å². The van der Waals surface area contributed by atoms with E-state index in [1.165, 1.54) is 12.8 Å². The lowest BCUT2D eigenvalue weighted by Gasteiger charge is -2.25. The summed E-state index contributed by atoms with van der Waals surface area (Å²) in [5, 5.41) is 3.26. The van der Waals surface area contributed by atoms with E-state index in [-0.39, 0.29) is 29.9 Å². The van der Waals surface area contributed by atoms with Gasteiger partial charge in [0.1, 0.15) is 6.10 Å². The third kappa shape index (κ3) is 8.36. The van der Waals surface area contributed by atoms with Crippen LogP contribution in [0.25, 0.3) is 0 Å². The summed E-state index contributed by atoms with van der Waals surface area (Å²) in [6.45, 7) is 9.01. The normalized spacial score (nSPS) is 14.3. The molecule has 1 amide bonds. The van der Waals surface area contributed by atoms with E-state index < -0.39 is 0 Å². The molecule has 29 heavy (non-hydrogen) atoms. The van der Waals surface area contributed by atoms with Crippen molar-refractivity contribution in [2.45, 2.75) is 59.1 Å². The number of nitrogens with one attached hydrogen (secondary N) is 1. The maximum Gasteiger partial charge on any atom is 0.242 e. The SMILES string of the molecule is CCNC(=NCc1ccnc(OC2CCCC2)c1)N(C)CC(=O)N(CC)CC.I. The maximum atomic E-state index is 12.4. The first-order chi connectivity index (χ1) is 13.6. The Labute approximate surface area is 192 Å². The third-order valence-electron chi connectivity index (χ3n) is 4.99. The van der Waals surface area contributed by atoms with E-state index in [0.29, 0.717) is 25.1 Å². The molecule has 2 rings (SSSR count). The van der Waals surface area contributed by atoms with Gasteiger partial charge < -0.3 is 19.9 Å². The van der Waals surface area contributed by atoms with Crippen LogP contribution in [0.2, 0.25) is 0 Å². The predicted molar refractivity (Wildman–Crippen MR) is 128 cm³/mol. The Bertz CT molecular complexity index is 646. The first-order valence-electron chi connectivity index (χ1n) is 10.5. The van der Waals surface area contributed by atoms with Crippen LogP contribution in [0.1, 0.15) is 52.0 Å². The Morgan fingerprint density at radius 2 is 1.97 bits per heavy atom. The summed E-state index contributed by atoms with van der Waals surface area (Å²) >= 11 is 0. The lowest BCUT2D eigenvalue weighted by Crippen LogP contribution is -2.45. The maximum absolute atomic E-state index is 12.4. The largest absolute Gasteiger partial charge is 0.474 e. The summed E-state index contributed by atoms with van der Waals surface area (Å²) in [6.07, 6.45) is 6.76. The standard InChI is InChI=1S/C21H35N5O2.HI/c1-5-22-21(25(4)16-20(27)26(6-2)7-3)24-15-17-12-13-23-19(14-17)28-18-10-8-9-11-18;/h12-14,18H,5-11,15-16H2,1-4H3,(H,22,24);1H. The summed E-state index contributed by atoms with van der Waals surface area (Å²) in [5.74, 6) is 1.50. The molecule has 1 aliphatic carbocycles. The Hall–Kier alpha value is -1.58. The molecule has 0 radical (unpaired) electrons. The average Bonchev–Trinajstić information content (AvgIpc) is 3.19. The van der Waals surface area contributed by atoms with Gasteiger partial charge in [-0.2, -0.15) is 0 Å². The molecule has 1 heterocycles. The van der Waals surface area contributed by atoms with Crippen LogP contribution in [0.15, 0.2) is 23.3 Å². The molecular weight excluding hydrogens is 481 g/mol. The molecule has 8 heteroatoms. The van der Waals surface area contributed by atoms with Crippen LogP contribution in [-0.2, 0) is 11.3 Å². The number of hydrogen-bond acceptors (Lipinski definition) is 4. The van der Waals surface area contributed by atoms with E-state index in [4.69, 9.17) is 9.73 Å². The average molecular weight is 517 g/mol. The summed E-state index contributed by atoms with van der Waals surface area (Å²) in [5.41, 5.74) is 1.04. The Kier molecular flexibility index (Phi) is 11.9. The summed E-state index contributed by atoms with van der Waals surface area (Å²) < 4.78 is 5.99. The molecule has 0 aromatic carbocycles.